The maximum Gasteiger partial charge on any atom is 0.251 e. The Labute approximate surface area is 174 Å². The molecule has 1 fully saturated rings. The number of nitrogens with zero attached hydrogens (tertiary/aromatic N) is 1. The molecule has 1 aliphatic carbocycles. The Morgan fingerprint density at radius 1 is 1.07 bits per heavy atom. The first-order valence-electron chi connectivity index (χ1n) is 9.88. The molecule has 1 saturated carbocycles. The molecule has 150 valence electrons. The Hall–Kier alpha value is -2.66. The molecule has 4 rings (SSSR count). The summed E-state index contributed by atoms with van der Waals surface area (Å²) in [6.45, 7) is 2.10. The number of halogens is 2. The lowest BCUT2D eigenvalue weighted by Gasteiger charge is -2.30. The molecule has 4 nitrogen and oxygen atoms in total. The van der Waals surface area contributed by atoms with Gasteiger partial charge in [0.1, 0.15) is 11.6 Å². The Balaban J connectivity index is 1.33. The number of carbonyl (C=O) groups is 1. The third kappa shape index (κ3) is 4.51. The van der Waals surface area contributed by atoms with E-state index in [1.165, 1.54) is 23.1 Å². The third-order valence-corrected chi connectivity index (χ3v) is 5.83. The highest BCUT2D eigenvalue weighted by Crippen LogP contribution is 2.25. The molecule has 2 N–H and O–H groups in total. The van der Waals surface area contributed by atoms with Gasteiger partial charge in [0.2, 0.25) is 0 Å². The summed E-state index contributed by atoms with van der Waals surface area (Å²) in [5, 5.41) is 7.74. The topological polar surface area (TPSA) is 54.0 Å². The normalized spacial score (nSPS) is 19.1. The number of aryl methyl sites for hydroxylation is 1. The van der Waals surface area contributed by atoms with Crippen molar-refractivity contribution in [2.24, 2.45) is 0 Å². The zero-order valence-electron chi connectivity index (χ0n) is 16.2. The summed E-state index contributed by atoms with van der Waals surface area (Å²) in [5.41, 5.74) is 2.49. The number of anilines is 1. The van der Waals surface area contributed by atoms with Crippen LogP contribution < -0.4 is 10.6 Å². The molecule has 6 heteroatoms. The third-order valence-electron chi connectivity index (χ3n) is 5.52. The Bertz CT molecular complexity index is 1050. The van der Waals surface area contributed by atoms with Crippen molar-refractivity contribution in [1.82, 2.24) is 10.3 Å². The van der Waals surface area contributed by atoms with Gasteiger partial charge >= 0.3 is 0 Å². The predicted octanol–water partition coefficient (Wildman–Crippen LogP) is 5.49. The highest BCUT2D eigenvalue weighted by molar-refractivity contribution is 6.30. The standard InChI is InChI=1S/C23H23ClFN3O/c1-14-12-22(28-21-5-3-2-4-18(14)21)26-16-7-9-17(10-8-16)27-23(29)15-6-11-19(24)20(25)13-15/h2-6,11-13,16-17H,7-10H2,1H3,(H,26,28)(H,27,29)/t16-,17+. The van der Waals surface area contributed by atoms with Crippen LogP contribution in [-0.2, 0) is 0 Å². The molecule has 3 aromatic rings. The number of pyridine rings is 1. The van der Waals surface area contributed by atoms with Crippen molar-refractivity contribution in [1.29, 1.82) is 0 Å². The summed E-state index contributed by atoms with van der Waals surface area (Å²) >= 11 is 5.68. The minimum atomic E-state index is -0.578. The number of nitrogens with one attached hydrogen (secondary N) is 2. The second kappa shape index (κ2) is 8.37. The fourth-order valence-electron chi connectivity index (χ4n) is 3.92. The monoisotopic (exact) mass is 411 g/mol. The fraction of sp³-hybridized carbons (Fsp3) is 0.304. The summed E-state index contributed by atoms with van der Waals surface area (Å²) < 4.78 is 13.6. The van der Waals surface area contributed by atoms with Crippen molar-refractivity contribution < 1.29 is 9.18 Å². The van der Waals surface area contributed by atoms with Crippen LogP contribution in [0.5, 0.6) is 0 Å². The molecule has 1 heterocycles. The number of hydrogen-bond donors (Lipinski definition) is 2. The summed E-state index contributed by atoms with van der Waals surface area (Å²) in [4.78, 5) is 17.1. The molecule has 0 bridgehead atoms. The van der Waals surface area contributed by atoms with Crippen LogP contribution >= 0.6 is 11.6 Å². The van der Waals surface area contributed by atoms with Gasteiger partial charge in [-0.05, 0) is 68.5 Å². The fourth-order valence-corrected chi connectivity index (χ4v) is 4.04. The van der Waals surface area contributed by atoms with Crippen molar-refractivity contribution in [3.63, 3.8) is 0 Å². The average molecular weight is 412 g/mol. The number of fused-ring (bicyclic) bond motifs is 1. The molecule has 0 saturated heterocycles. The number of para-hydroxylation sites is 1. The number of benzene rings is 2. The van der Waals surface area contributed by atoms with Crippen LogP contribution in [0.3, 0.4) is 0 Å². The van der Waals surface area contributed by atoms with Crippen LogP contribution in [0.25, 0.3) is 10.9 Å². The Kier molecular flexibility index (Phi) is 5.67. The minimum Gasteiger partial charge on any atom is -0.367 e. The van der Waals surface area contributed by atoms with Gasteiger partial charge in [-0.25, -0.2) is 9.37 Å². The zero-order valence-corrected chi connectivity index (χ0v) is 17.0. The summed E-state index contributed by atoms with van der Waals surface area (Å²) in [5.74, 6) is 0.0551. The van der Waals surface area contributed by atoms with E-state index in [1.807, 2.05) is 18.2 Å². The van der Waals surface area contributed by atoms with Gasteiger partial charge in [-0.3, -0.25) is 4.79 Å². The van der Waals surface area contributed by atoms with Crippen molar-refractivity contribution in [2.75, 3.05) is 5.32 Å². The van der Waals surface area contributed by atoms with Gasteiger partial charge < -0.3 is 10.6 Å². The summed E-state index contributed by atoms with van der Waals surface area (Å²) in [6, 6.07) is 14.8. The molecule has 1 amide bonds. The van der Waals surface area contributed by atoms with Crippen molar-refractivity contribution in [3.05, 3.63) is 70.5 Å². The summed E-state index contributed by atoms with van der Waals surface area (Å²) in [7, 11) is 0. The van der Waals surface area contributed by atoms with Gasteiger partial charge in [0.05, 0.1) is 10.5 Å². The second-order valence-electron chi connectivity index (χ2n) is 7.64. The van der Waals surface area contributed by atoms with Gasteiger partial charge in [-0.2, -0.15) is 0 Å². The Morgan fingerprint density at radius 2 is 1.79 bits per heavy atom. The van der Waals surface area contributed by atoms with Gasteiger partial charge in [-0.1, -0.05) is 29.8 Å². The lowest BCUT2D eigenvalue weighted by Crippen LogP contribution is -2.40. The number of amides is 1. The van der Waals surface area contributed by atoms with Gasteiger partial charge in [0, 0.05) is 23.0 Å². The van der Waals surface area contributed by atoms with Crippen molar-refractivity contribution in [3.8, 4) is 0 Å². The van der Waals surface area contributed by atoms with E-state index in [4.69, 9.17) is 16.6 Å². The number of aromatic nitrogens is 1. The molecular formula is C23H23ClFN3O. The molecule has 2 aromatic carbocycles. The van der Waals surface area contributed by atoms with E-state index in [2.05, 4.69) is 29.7 Å². The van der Waals surface area contributed by atoms with Crippen molar-refractivity contribution >= 4 is 34.2 Å². The molecular weight excluding hydrogens is 389 g/mol. The molecule has 0 radical (unpaired) electrons. The number of hydrogen-bond acceptors (Lipinski definition) is 3. The van der Waals surface area contributed by atoms with Crippen LogP contribution in [0.2, 0.25) is 5.02 Å². The average Bonchev–Trinajstić information content (AvgIpc) is 2.71. The minimum absolute atomic E-state index is 0.0191. The van der Waals surface area contributed by atoms with E-state index in [0.29, 0.717) is 11.6 Å². The molecule has 1 aliphatic rings. The number of carbonyl (C=O) groups excluding carboxylic acids is 1. The number of rotatable bonds is 4. The van der Waals surface area contributed by atoms with Gasteiger partial charge in [-0.15, -0.1) is 0 Å². The molecule has 0 spiro atoms. The van der Waals surface area contributed by atoms with Crippen molar-refractivity contribution in [2.45, 2.75) is 44.7 Å². The van der Waals surface area contributed by atoms with E-state index >= 15 is 0 Å². The van der Waals surface area contributed by atoms with E-state index < -0.39 is 5.82 Å². The lowest BCUT2D eigenvalue weighted by atomic mass is 9.91. The van der Waals surface area contributed by atoms with Crippen LogP contribution in [0.4, 0.5) is 10.2 Å². The van der Waals surface area contributed by atoms with Gasteiger partial charge in [0.25, 0.3) is 5.91 Å². The van der Waals surface area contributed by atoms with Gasteiger partial charge in [0.15, 0.2) is 0 Å². The van der Waals surface area contributed by atoms with Crippen LogP contribution in [-0.4, -0.2) is 23.0 Å². The first-order valence-corrected chi connectivity index (χ1v) is 10.3. The molecule has 1 aromatic heterocycles. The lowest BCUT2D eigenvalue weighted by molar-refractivity contribution is 0.0926. The smallest absolute Gasteiger partial charge is 0.251 e. The summed E-state index contributed by atoms with van der Waals surface area (Å²) in [6.07, 6.45) is 3.61. The molecule has 29 heavy (non-hydrogen) atoms. The van der Waals surface area contributed by atoms with E-state index in [-0.39, 0.29) is 17.0 Å². The van der Waals surface area contributed by atoms with Crippen LogP contribution in [0, 0.1) is 12.7 Å². The zero-order chi connectivity index (χ0) is 20.4. The molecule has 0 aliphatic heterocycles. The highest BCUT2D eigenvalue weighted by Gasteiger charge is 2.23. The predicted molar refractivity (Wildman–Crippen MR) is 115 cm³/mol. The largest absolute Gasteiger partial charge is 0.367 e. The second-order valence-corrected chi connectivity index (χ2v) is 8.04. The van der Waals surface area contributed by atoms with E-state index in [1.54, 1.807) is 6.07 Å². The maximum atomic E-state index is 13.6. The SMILES string of the molecule is Cc1cc(N[C@H]2CC[C@@H](NC(=O)c3ccc(Cl)c(F)c3)CC2)nc2ccccc12. The van der Waals surface area contributed by atoms with Crippen LogP contribution in [0.1, 0.15) is 41.6 Å². The maximum absolute atomic E-state index is 13.6. The Morgan fingerprint density at radius 3 is 2.55 bits per heavy atom. The highest BCUT2D eigenvalue weighted by atomic mass is 35.5. The first kappa shape index (κ1) is 19.6. The molecule has 0 atom stereocenters. The van der Waals surface area contributed by atoms with E-state index in [9.17, 15) is 9.18 Å². The molecule has 0 unspecified atom stereocenters. The van der Waals surface area contributed by atoms with Crippen LogP contribution in [0.15, 0.2) is 48.5 Å². The quantitative estimate of drug-likeness (QED) is 0.597. The van der Waals surface area contributed by atoms with E-state index in [0.717, 1.165) is 37.0 Å². The first-order chi connectivity index (χ1) is 14.0.